The van der Waals surface area contributed by atoms with Crippen LogP contribution >= 0.6 is 0 Å². The predicted molar refractivity (Wildman–Crippen MR) is 183 cm³/mol. The number of nitrogens with zero attached hydrogens (tertiary/aromatic N) is 3. The summed E-state index contributed by atoms with van der Waals surface area (Å²) in [6.07, 6.45) is 0. The third-order valence-electron chi connectivity index (χ3n) is 9.73. The lowest BCUT2D eigenvalue weighted by Crippen LogP contribution is -2.55. The highest BCUT2D eigenvalue weighted by Crippen LogP contribution is 2.39. The number of hydrogen-bond acceptors (Lipinski definition) is 2. The maximum atomic E-state index is 6.36. The van der Waals surface area contributed by atoms with Gasteiger partial charge in [-0.15, -0.1) is 0 Å². The van der Waals surface area contributed by atoms with E-state index in [0.29, 0.717) is 0 Å². The number of aromatic nitrogens is 3. The second kappa shape index (κ2) is 7.97. The maximum absolute atomic E-state index is 6.36. The van der Waals surface area contributed by atoms with Crippen molar-refractivity contribution in [2.24, 2.45) is 0 Å². The largest absolute Gasteiger partial charge is 0.456 e. The van der Waals surface area contributed by atoms with Gasteiger partial charge >= 0.3 is 0 Å². The topological polar surface area (TPSA) is 35.4 Å². The Bertz CT molecular complexity index is 2840. The number of hydrogen-bond donors (Lipinski definition) is 0. The Morgan fingerprint density at radius 1 is 0.591 bits per heavy atom. The fourth-order valence-electron chi connectivity index (χ4n) is 8.03. The molecule has 7 aromatic carbocycles. The van der Waals surface area contributed by atoms with E-state index >= 15 is 0 Å². The molecule has 1 aliphatic rings. The van der Waals surface area contributed by atoms with Crippen molar-refractivity contribution < 1.29 is 4.42 Å². The summed E-state index contributed by atoms with van der Waals surface area (Å²) in [6, 6.07) is 48.0. The molecule has 44 heavy (non-hydrogen) atoms. The predicted octanol–water partition coefficient (Wildman–Crippen LogP) is 7.47. The minimum absolute atomic E-state index is 0.0853. The lowest BCUT2D eigenvalue weighted by Gasteiger charge is -2.27. The van der Waals surface area contributed by atoms with Crippen molar-refractivity contribution in [3.63, 3.8) is 0 Å². The molecule has 0 atom stereocenters. The van der Waals surface area contributed by atoms with Gasteiger partial charge in [0.15, 0.2) is 0 Å². The smallest absolute Gasteiger partial charge is 0.247 e. The third kappa shape index (κ3) is 2.69. The first-order chi connectivity index (χ1) is 21.8. The second-order valence-corrected chi connectivity index (χ2v) is 11.9. The highest BCUT2D eigenvalue weighted by atomic mass is 16.3. The molecule has 5 heteroatoms. The van der Waals surface area contributed by atoms with E-state index in [1.807, 2.05) is 12.1 Å². The van der Waals surface area contributed by atoms with E-state index in [1.165, 1.54) is 49.0 Å². The van der Waals surface area contributed by atoms with E-state index in [-0.39, 0.29) is 6.71 Å². The first-order valence-electron chi connectivity index (χ1n) is 15.1. The molecule has 1 aliphatic heterocycles. The van der Waals surface area contributed by atoms with Crippen LogP contribution in [0, 0.1) is 0 Å². The molecular formula is C39H22BN3O. The first kappa shape index (κ1) is 22.7. The number of furan rings is 1. The van der Waals surface area contributed by atoms with Crippen LogP contribution in [0.3, 0.4) is 0 Å². The molecule has 4 nitrogen and oxygen atoms in total. The van der Waals surface area contributed by atoms with Gasteiger partial charge in [0, 0.05) is 10.8 Å². The SMILES string of the molecule is c1ccc(B2c3c4ccccc4cc4nc5n(-c6cccc7oc8ccccc8c67)c6cccc7ccc2c(c76)n5c34)cc1. The Morgan fingerprint density at radius 3 is 2.30 bits per heavy atom. The lowest BCUT2D eigenvalue weighted by atomic mass is 9.35. The number of fused-ring (bicyclic) bond motifs is 5. The van der Waals surface area contributed by atoms with Crippen molar-refractivity contribution in [2.75, 3.05) is 0 Å². The average molecular weight is 559 g/mol. The van der Waals surface area contributed by atoms with Crippen LogP contribution in [-0.2, 0) is 0 Å². The number of benzene rings is 7. The molecule has 0 bridgehead atoms. The van der Waals surface area contributed by atoms with Crippen molar-refractivity contribution in [2.45, 2.75) is 0 Å². The van der Waals surface area contributed by atoms with Crippen LogP contribution in [0.25, 0.3) is 77.0 Å². The average Bonchev–Trinajstić information content (AvgIpc) is 3.65. The van der Waals surface area contributed by atoms with Gasteiger partial charge in [-0.3, -0.25) is 8.97 Å². The van der Waals surface area contributed by atoms with Crippen molar-refractivity contribution in [3.8, 4) is 5.69 Å². The molecule has 0 amide bonds. The molecule has 10 aromatic rings. The molecule has 0 saturated carbocycles. The monoisotopic (exact) mass is 559 g/mol. The minimum Gasteiger partial charge on any atom is -0.456 e. The van der Waals surface area contributed by atoms with Gasteiger partial charge in [0.1, 0.15) is 11.2 Å². The summed E-state index contributed by atoms with van der Waals surface area (Å²) in [5.74, 6) is 0.910. The van der Waals surface area contributed by atoms with Gasteiger partial charge in [0.05, 0.1) is 33.1 Å². The van der Waals surface area contributed by atoms with Crippen LogP contribution in [0.2, 0.25) is 0 Å². The highest BCUT2D eigenvalue weighted by Gasteiger charge is 2.35. The first-order valence-corrected chi connectivity index (χ1v) is 15.1. The Balaban J connectivity index is 1.43. The molecular weight excluding hydrogens is 537 g/mol. The fourth-order valence-corrected chi connectivity index (χ4v) is 8.03. The summed E-state index contributed by atoms with van der Waals surface area (Å²) in [4.78, 5) is 5.50. The number of para-hydroxylation sites is 1. The van der Waals surface area contributed by atoms with Gasteiger partial charge in [-0.1, -0.05) is 109 Å². The van der Waals surface area contributed by atoms with E-state index in [9.17, 15) is 0 Å². The highest BCUT2D eigenvalue weighted by molar-refractivity contribution is 7.00. The Kier molecular flexibility index (Phi) is 4.12. The molecule has 0 aliphatic carbocycles. The third-order valence-corrected chi connectivity index (χ3v) is 9.73. The molecule has 0 fully saturated rings. The van der Waals surface area contributed by atoms with E-state index in [4.69, 9.17) is 9.40 Å². The molecule has 0 N–H and O–H groups in total. The van der Waals surface area contributed by atoms with Crippen molar-refractivity contribution in [1.82, 2.24) is 14.0 Å². The van der Waals surface area contributed by atoms with Crippen molar-refractivity contribution >= 4 is 94.4 Å². The Labute approximate surface area is 251 Å². The molecule has 0 unspecified atom stereocenters. The van der Waals surface area contributed by atoms with Crippen LogP contribution in [0.1, 0.15) is 0 Å². The molecule has 11 rings (SSSR count). The summed E-state index contributed by atoms with van der Waals surface area (Å²) in [6.45, 7) is 0.0853. The maximum Gasteiger partial charge on any atom is 0.247 e. The molecule has 3 aromatic heterocycles. The molecule has 0 saturated heterocycles. The molecule has 202 valence electrons. The Morgan fingerprint density at radius 2 is 1.36 bits per heavy atom. The fraction of sp³-hybridized carbons (Fsp3) is 0. The number of rotatable bonds is 2. The van der Waals surface area contributed by atoms with Crippen molar-refractivity contribution in [1.29, 1.82) is 0 Å². The Hall–Kier alpha value is -5.81. The zero-order chi connectivity index (χ0) is 28.5. The summed E-state index contributed by atoms with van der Waals surface area (Å²) in [5.41, 5.74) is 11.3. The molecule has 4 heterocycles. The zero-order valence-electron chi connectivity index (χ0n) is 23.5. The van der Waals surface area contributed by atoms with E-state index < -0.39 is 0 Å². The van der Waals surface area contributed by atoms with Crippen LogP contribution in [0.5, 0.6) is 0 Å². The van der Waals surface area contributed by atoms with E-state index in [0.717, 1.165) is 44.4 Å². The van der Waals surface area contributed by atoms with Crippen LogP contribution in [-0.4, -0.2) is 20.7 Å². The van der Waals surface area contributed by atoms with Gasteiger partial charge in [-0.2, -0.15) is 0 Å². The number of imidazole rings is 1. The zero-order valence-corrected chi connectivity index (χ0v) is 23.5. The lowest BCUT2D eigenvalue weighted by molar-refractivity contribution is 0.669. The quantitative estimate of drug-likeness (QED) is 0.206. The van der Waals surface area contributed by atoms with Gasteiger partial charge < -0.3 is 4.42 Å². The van der Waals surface area contributed by atoms with Crippen LogP contribution in [0.15, 0.2) is 138 Å². The van der Waals surface area contributed by atoms with Crippen molar-refractivity contribution in [3.05, 3.63) is 133 Å². The van der Waals surface area contributed by atoms with E-state index in [2.05, 4.69) is 130 Å². The van der Waals surface area contributed by atoms with Gasteiger partial charge in [-0.05, 0) is 57.4 Å². The normalized spacial score (nSPS) is 13.0. The summed E-state index contributed by atoms with van der Waals surface area (Å²) in [7, 11) is 0. The summed E-state index contributed by atoms with van der Waals surface area (Å²) in [5, 5.41) is 7.16. The molecule has 0 spiro atoms. The van der Waals surface area contributed by atoms with Crippen LogP contribution < -0.4 is 16.4 Å². The van der Waals surface area contributed by atoms with Gasteiger partial charge in [0.25, 0.3) is 0 Å². The summed E-state index contributed by atoms with van der Waals surface area (Å²) < 4.78 is 11.2. The standard InChI is InChI=1S/C39H22BN3O/c1-2-12-25(13-3-1)40-28-21-20-23-11-8-16-30-34(23)37(28)43-38-29(22-24-10-4-5-14-26(24)36(38)40)41-39(43)42(30)31-17-9-19-33-35(31)27-15-6-7-18-32(27)44-33/h1-22H. The van der Waals surface area contributed by atoms with Gasteiger partial charge in [0.2, 0.25) is 12.5 Å². The van der Waals surface area contributed by atoms with Crippen LogP contribution in [0.4, 0.5) is 0 Å². The summed E-state index contributed by atoms with van der Waals surface area (Å²) >= 11 is 0. The van der Waals surface area contributed by atoms with E-state index in [1.54, 1.807) is 0 Å². The second-order valence-electron chi connectivity index (χ2n) is 11.9. The molecule has 0 radical (unpaired) electrons. The van der Waals surface area contributed by atoms with Gasteiger partial charge in [-0.25, -0.2) is 4.98 Å². The minimum atomic E-state index is 0.0853.